The molecule has 42 heavy (non-hydrogen) atoms. The summed E-state index contributed by atoms with van der Waals surface area (Å²) >= 11 is 0. The Morgan fingerprint density at radius 1 is 0.500 bits per heavy atom. The number of hydrogen-bond acceptors (Lipinski definition) is 12. The molecule has 214 valence electrons. The van der Waals surface area contributed by atoms with Crippen molar-refractivity contribution in [1.82, 2.24) is 0 Å². The minimum atomic E-state index is -0.676. The fourth-order valence-corrected chi connectivity index (χ4v) is 5.65. The van der Waals surface area contributed by atoms with E-state index in [1.807, 2.05) is 48.5 Å². The van der Waals surface area contributed by atoms with E-state index in [0.717, 1.165) is 33.3 Å². The van der Waals surface area contributed by atoms with Gasteiger partial charge in [0.05, 0.1) is 31.8 Å². The van der Waals surface area contributed by atoms with Gasteiger partial charge in [-0.15, -0.1) is 0 Å². The van der Waals surface area contributed by atoms with Crippen molar-refractivity contribution in [1.29, 1.82) is 0 Å². The van der Waals surface area contributed by atoms with Gasteiger partial charge in [0.25, 0.3) is 22.7 Å². The van der Waals surface area contributed by atoms with Crippen LogP contribution < -0.4 is 10.6 Å². The molecular weight excluding hydrogens is 588 g/mol. The summed E-state index contributed by atoms with van der Waals surface area (Å²) in [6, 6.07) is 21.9. The summed E-state index contributed by atoms with van der Waals surface area (Å²) in [5.74, 6) is 0. The van der Waals surface area contributed by atoms with Crippen molar-refractivity contribution in [2.24, 2.45) is 0 Å². The molecule has 0 saturated heterocycles. The minimum absolute atomic E-state index is 0.119. The number of benzene rings is 4. The van der Waals surface area contributed by atoms with Gasteiger partial charge < -0.3 is 10.6 Å². The van der Waals surface area contributed by atoms with Crippen molar-refractivity contribution < 1.29 is 19.7 Å². The Kier molecular flexibility index (Phi) is 9.51. The van der Waals surface area contributed by atoms with Crippen LogP contribution in [0.3, 0.4) is 0 Å². The number of rotatable bonds is 13. The van der Waals surface area contributed by atoms with E-state index in [1.54, 1.807) is 0 Å². The molecule has 4 aromatic carbocycles. The Bertz CT molecular complexity index is 1530. The fourth-order valence-electron chi connectivity index (χ4n) is 3.72. The standard InChI is InChI=1S/C26H20N6O8S2/c33-29(34)21-7-1-17(25(13-21)31(37)38)15-27-19-3-9-23(10-4-19)41-42-24-11-5-20(6-12-24)28-16-18-2-8-22(30(35)36)14-26(18)32(39)40/h1-14,27-28H,15-16H2. The lowest BCUT2D eigenvalue weighted by molar-refractivity contribution is -0.394. The molecule has 16 heteroatoms. The van der Waals surface area contributed by atoms with Gasteiger partial charge in [-0.3, -0.25) is 40.5 Å². The van der Waals surface area contributed by atoms with E-state index >= 15 is 0 Å². The predicted octanol–water partition coefficient (Wildman–Crippen LogP) is 7.34. The van der Waals surface area contributed by atoms with Gasteiger partial charge in [-0.25, -0.2) is 0 Å². The quantitative estimate of drug-likeness (QED) is 0.0871. The van der Waals surface area contributed by atoms with Crippen molar-refractivity contribution in [3.63, 3.8) is 0 Å². The lowest BCUT2D eigenvalue weighted by atomic mass is 10.1. The average Bonchev–Trinajstić information content (AvgIpc) is 2.98. The first-order valence-electron chi connectivity index (χ1n) is 12.0. The van der Waals surface area contributed by atoms with Gasteiger partial charge >= 0.3 is 0 Å². The van der Waals surface area contributed by atoms with Gasteiger partial charge in [-0.1, -0.05) is 21.6 Å². The Morgan fingerprint density at radius 2 is 0.857 bits per heavy atom. The average molecular weight is 609 g/mol. The third-order valence-corrected chi connectivity index (χ3v) is 8.28. The molecule has 0 radical (unpaired) electrons. The fraction of sp³-hybridized carbons (Fsp3) is 0.0769. The summed E-state index contributed by atoms with van der Waals surface area (Å²) in [6.45, 7) is 0.237. The van der Waals surface area contributed by atoms with Gasteiger partial charge in [-0.05, 0) is 60.7 Å². The summed E-state index contributed by atoms with van der Waals surface area (Å²) in [4.78, 5) is 43.7. The smallest absolute Gasteiger partial charge is 0.281 e. The molecule has 14 nitrogen and oxygen atoms in total. The van der Waals surface area contributed by atoms with Crippen LogP contribution in [0.1, 0.15) is 11.1 Å². The van der Waals surface area contributed by atoms with E-state index in [-0.39, 0.29) is 35.8 Å². The van der Waals surface area contributed by atoms with Crippen molar-refractivity contribution in [3.8, 4) is 0 Å². The maximum atomic E-state index is 11.3. The zero-order valence-corrected chi connectivity index (χ0v) is 23.0. The molecule has 2 N–H and O–H groups in total. The first-order chi connectivity index (χ1) is 20.1. The largest absolute Gasteiger partial charge is 0.381 e. The third-order valence-electron chi connectivity index (χ3n) is 5.86. The van der Waals surface area contributed by atoms with Gasteiger partial charge in [0.2, 0.25) is 0 Å². The summed E-state index contributed by atoms with van der Waals surface area (Å²) in [7, 11) is 3.04. The van der Waals surface area contributed by atoms with E-state index in [1.165, 1.54) is 45.9 Å². The molecule has 0 aliphatic heterocycles. The number of hydrogen-bond donors (Lipinski definition) is 2. The SMILES string of the molecule is O=[N+]([O-])c1ccc(CNc2ccc(SSc3ccc(NCc4ccc([N+](=O)[O-])cc4[N+](=O)[O-])cc3)cc2)c([N+](=O)[O-])c1. The second-order valence-electron chi connectivity index (χ2n) is 8.58. The second kappa shape index (κ2) is 13.4. The number of anilines is 2. The molecule has 0 fully saturated rings. The number of nitro benzene ring substituents is 4. The van der Waals surface area contributed by atoms with Gasteiger partial charge in [0.1, 0.15) is 0 Å². The summed E-state index contributed by atoms with van der Waals surface area (Å²) in [5, 5.41) is 50.6. The second-order valence-corrected chi connectivity index (χ2v) is 10.9. The van der Waals surface area contributed by atoms with E-state index in [2.05, 4.69) is 10.6 Å². The first-order valence-corrected chi connectivity index (χ1v) is 14.1. The van der Waals surface area contributed by atoms with Crippen molar-refractivity contribution in [3.05, 3.63) is 137 Å². The highest BCUT2D eigenvalue weighted by Gasteiger charge is 2.20. The van der Waals surface area contributed by atoms with E-state index < -0.39 is 19.7 Å². The van der Waals surface area contributed by atoms with Crippen LogP contribution in [0.4, 0.5) is 34.1 Å². The molecule has 0 unspecified atom stereocenters. The Morgan fingerprint density at radius 3 is 1.17 bits per heavy atom. The molecule has 0 aliphatic rings. The third kappa shape index (κ3) is 7.70. The monoisotopic (exact) mass is 608 g/mol. The van der Waals surface area contributed by atoms with Gasteiger partial charge in [0.15, 0.2) is 0 Å². The summed E-state index contributed by atoms with van der Waals surface area (Å²) in [5.41, 5.74) is 0.754. The Labute approximate surface area is 245 Å². The van der Waals surface area contributed by atoms with Crippen LogP contribution in [-0.2, 0) is 13.1 Å². The van der Waals surface area contributed by atoms with E-state index in [9.17, 15) is 40.5 Å². The number of nitrogens with zero attached hydrogens (tertiary/aromatic N) is 4. The first kappa shape index (κ1) is 29.8. The van der Waals surface area contributed by atoms with Crippen molar-refractivity contribution in [2.45, 2.75) is 22.9 Å². The number of nitrogens with one attached hydrogen (secondary N) is 2. The van der Waals surface area contributed by atoms with Crippen molar-refractivity contribution in [2.75, 3.05) is 10.6 Å². The molecular formula is C26H20N6O8S2. The highest BCUT2D eigenvalue weighted by molar-refractivity contribution is 8.76. The molecule has 0 heterocycles. The van der Waals surface area contributed by atoms with Crippen LogP contribution in [0, 0.1) is 40.5 Å². The zero-order valence-electron chi connectivity index (χ0n) is 21.4. The summed E-state index contributed by atoms with van der Waals surface area (Å²) < 4.78 is 0. The zero-order chi connectivity index (χ0) is 30.2. The highest BCUT2D eigenvalue weighted by Crippen LogP contribution is 2.38. The van der Waals surface area contributed by atoms with E-state index in [4.69, 9.17) is 0 Å². The lowest BCUT2D eigenvalue weighted by Gasteiger charge is -2.09. The van der Waals surface area contributed by atoms with Crippen LogP contribution in [0.2, 0.25) is 0 Å². The molecule has 0 aromatic heterocycles. The molecule has 0 bridgehead atoms. The molecule has 0 aliphatic carbocycles. The topological polar surface area (TPSA) is 197 Å². The van der Waals surface area contributed by atoms with E-state index in [0.29, 0.717) is 11.1 Å². The summed E-state index contributed by atoms with van der Waals surface area (Å²) in [6.07, 6.45) is 0. The molecule has 4 aromatic rings. The molecule has 4 rings (SSSR count). The van der Waals surface area contributed by atoms with Crippen LogP contribution in [-0.4, -0.2) is 19.7 Å². The van der Waals surface area contributed by atoms with Crippen LogP contribution >= 0.6 is 21.6 Å². The molecule has 0 atom stereocenters. The van der Waals surface area contributed by atoms with Crippen LogP contribution in [0.5, 0.6) is 0 Å². The Hall–Kier alpha value is -5.22. The van der Waals surface area contributed by atoms with Gasteiger partial charge in [-0.2, -0.15) is 0 Å². The van der Waals surface area contributed by atoms with Gasteiger partial charge in [0, 0.05) is 57.5 Å². The lowest BCUT2D eigenvalue weighted by Crippen LogP contribution is -2.04. The minimum Gasteiger partial charge on any atom is -0.381 e. The molecule has 0 amide bonds. The maximum Gasteiger partial charge on any atom is 0.281 e. The molecule has 0 spiro atoms. The van der Waals surface area contributed by atoms with Crippen LogP contribution in [0.15, 0.2) is 94.7 Å². The van der Waals surface area contributed by atoms with Crippen LogP contribution in [0.25, 0.3) is 0 Å². The van der Waals surface area contributed by atoms with Crippen molar-refractivity contribution >= 4 is 55.7 Å². The Balaban J connectivity index is 1.29. The number of nitro groups is 4. The molecule has 0 saturated carbocycles. The highest BCUT2D eigenvalue weighted by atomic mass is 33.1. The predicted molar refractivity (Wildman–Crippen MR) is 159 cm³/mol. The number of non-ortho nitro benzene ring substituents is 2. The maximum absolute atomic E-state index is 11.3. The normalized spacial score (nSPS) is 10.6.